The van der Waals surface area contributed by atoms with Gasteiger partial charge in [0.15, 0.2) is 0 Å². The first-order chi connectivity index (χ1) is 12.9. The highest BCUT2D eigenvalue weighted by atomic mass is 14.4. The molecular weight excluding hydrogens is 312 g/mol. The molecule has 0 spiro atoms. The summed E-state index contributed by atoms with van der Waals surface area (Å²) in [6.07, 6.45) is 0. The molecule has 0 heteroatoms. The number of hydrogen-bond donors (Lipinski definition) is 0. The quantitative estimate of drug-likeness (QED) is 0.389. The normalized spacial score (nSPS) is 14.6. The Bertz CT molecular complexity index is 968. The van der Waals surface area contributed by atoms with E-state index in [0.29, 0.717) is 11.8 Å². The van der Waals surface area contributed by atoms with E-state index in [9.17, 15) is 0 Å². The van der Waals surface area contributed by atoms with Crippen molar-refractivity contribution in [3.8, 4) is 22.3 Å². The molecule has 0 amide bonds. The molecule has 2 radical (unpaired) electrons. The molecule has 2 aliphatic rings. The van der Waals surface area contributed by atoms with Crippen LogP contribution in [-0.2, 0) is 0 Å². The maximum Gasteiger partial charge on any atom is 0.0218 e. The minimum absolute atomic E-state index is 0.295. The molecular formula is C26H16. The van der Waals surface area contributed by atoms with E-state index in [-0.39, 0.29) is 0 Å². The average molecular weight is 328 g/mol. The smallest absolute Gasteiger partial charge is 0.0218 e. The highest BCUT2D eigenvalue weighted by Gasteiger charge is 2.40. The van der Waals surface area contributed by atoms with Gasteiger partial charge in [-0.2, -0.15) is 0 Å². The lowest BCUT2D eigenvalue weighted by Gasteiger charge is -2.23. The van der Waals surface area contributed by atoms with E-state index in [4.69, 9.17) is 0 Å². The van der Waals surface area contributed by atoms with E-state index in [0.717, 1.165) is 0 Å². The van der Waals surface area contributed by atoms with Gasteiger partial charge in [0.1, 0.15) is 0 Å². The van der Waals surface area contributed by atoms with Crippen LogP contribution >= 0.6 is 0 Å². The zero-order chi connectivity index (χ0) is 17.1. The van der Waals surface area contributed by atoms with Crippen LogP contribution in [-0.4, -0.2) is 0 Å². The van der Waals surface area contributed by atoms with Crippen LogP contribution in [0.15, 0.2) is 84.9 Å². The van der Waals surface area contributed by atoms with Crippen molar-refractivity contribution in [1.82, 2.24) is 0 Å². The van der Waals surface area contributed by atoms with Crippen molar-refractivity contribution >= 4 is 0 Å². The zero-order valence-electron chi connectivity index (χ0n) is 14.2. The van der Waals surface area contributed by atoms with E-state index in [1.807, 2.05) is 12.1 Å². The minimum Gasteiger partial charge on any atom is -0.0619 e. The van der Waals surface area contributed by atoms with E-state index in [2.05, 4.69) is 84.9 Å². The molecule has 0 bridgehead atoms. The van der Waals surface area contributed by atoms with E-state index < -0.39 is 0 Å². The van der Waals surface area contributed by atoms with E-state index in [1.165, 1.54) is 44.5 Å². The van der Waals surface area contributed by atoms with Crippen LogP contribution in [0.4, 0.5) is 0 Å². The van der Waals surface area contributed by atoms with E-state index >= 15 is 0 Å². The molecule has 0 fully saturated rings. The number of rotatable bonds is 1. The van der Waals surface area contributed by atoms with Gasteiger partial charge in [0.2, 0.25) is 0 Å². The van der Waals surface area contributed by atoms with Crippen molar-refractivity contribution in [1.29, 1.82) is 0 Å². The number of hydrogen-bond acceptors (Lipinski definition) is 0. The number of benzene rings is 4. The molecule has 0 nitrogen and oxygen atoms in total. The third-order valence-corrected chi connectivity index (χ3v) is 5.90. The molecule has 0 heterocycles. The van der Waals surface area contributed by atoms with Crippen LogP contribution in [0.5, 0.6) is 0 Å². The van der Waals surface area contributed by atoms with Gasteiger partial charge in [-0.15, -0.1) is 0 Å². The largest absolute Gasteiger partial charge is 0.0619 e. The van der Waals surface area contributed by atoms with Gasteiger partial charge < -0.3 is 0 Å². The van der Waals surface area contributed by atoms with Crippen molar-refractivity contribution in [2.45, 2.75) is 11.8 Å². The van der Waals surface area contributed by atoms with Crippen molar-refractivity contribution < 1.29 is 0 Å². The lowest BCUT2D eigenvalue weighted by Crippen LogP contribution is -2.10. The molecule has 0 N–H and O–H groups in total. The van der Waals surface area contributed by atoms with Crippen molar-refractivity contribution in [2.24, 2.45) is 0 Å². The molecule has 0 saturated carbocycles. The average Bonchev–Trinajstić information content (AvgIpc) is 3.21. The number of fused-ring (bicyclic) bond motifs is 6. The fourth-order valence-corrected chi connectivity index (χ4v) is 4.91. The molecule has 2 atom stereocenters. The topological polar surface area (TPSA) is 0 Å². The van der Waals surface area contributed by atoms with Crippen LogP contribution in [0.25, 0.3) is 22.3 Å². The van der Waals surface area contributed by atoms with Crippen LogP contribution in [0.1, 0.15) is 34.1 Å². The lowest BCUT2D eigenvalue weighted by atomic mass is 9.78. The standard InChI is InChI=1S/C26H16/c1-5-13-21-17(9-1)18-10-2-6-14-22(18)25(21)26-23-15-7-3-11-19(23)20-12-4-8-16-24(20)26/h1-13,15,25-26H. The zero-order valence-corrected chi connectivity index (χ0v) is 14.2. The second-order valence-corrected chi connectivity index (χ2v) is 7.12. The first-order valence-corrected chi connectivity index (χ1v) is 9.13. The third kappa shape index (κ3) is 1.74. The molecule has 4 aromatic carbocycles. The minimum atomic E-state index is 0.295. The van der Waals surface area contributed by atoms with Gasteiger partial charge in [0, 0.05) is 11.8 Å². The van der Waals surface area contributed by atoms with E-state index in [1.54, 1.807) is 0 Å². The summed E-state index contributed by atoms with van der Waals surface area (Å²) in [6, 6.07) is 37.6. The molecule has 0 aromatic heterocycles. The first kappa shape index (κ1) is 14.1. The first-order valence-electron chi connectivity index (χ1n) is 9.13. The Hall–Kier alpha value is -3.12. The lowest BCUT2D eigenvalue weighted by molar-refractivity contribution is 0.722. The highest BCUT2D eigenvalue weighted by molar-refractivity contribution is 5.84. The van der Waals surface area contributed by atoms with Gasteiger partial charge in [0.25, 0.3) is 0 Å². The second-order valence-electron chi connectivity index (χ2n) is 7.12. The summed E-state index contributed by atoms with van der Waals surface area (Å²) in [5.41, 5.74) is 10.8. The molecule has 4 aromatic rings. The Morgan fingerprint density at radius 1 is 0.462 bits per heavy atom. The second kappa shape index (κ2) is 5.19. The van der Waals surface area contributed by atoms with Crippen molar-refractivity contribution in [3.63, 3.8) is 0 Å². The predicted molar refractivity (Wildman–Crippen MR) is 105 cm³/mol. The Balaban J connectivity index is 1.67. The molecule has 120 valence electrons. The fraction of sp³-hybridized carbons (Fsp3) is 0.0769. The summed E-state index contributed by atoms with van der Waals surface area (Å²) >= 11 is 0. The van der Waals surface area contributed by atoms with Gasteiger partial charge in [-0.3, -0.25) is 0 Å². The summed E-state index contributed by atoms with van der Waals surface area (Å²) in [6.45, 7) is 0. The van der Waals surface area contributed by atoms with Crippen LogP contribution in [0, 0.1) is 12.1 Å². The SMILES string of the molecule is [c]1cccc2c1C(C1c3[c]cccc3-c3ccccc31)c1ccccc1-2. The van der Waals surface area contributed by atoms with Crippen molar-refractivity contribution in [2.75, 3.05) is 0 Å². The van der Waals surface area contributed by atoms with Crippen LogP contribution in [0.2, 0.25) is 0 Å². The van der Waals surface area contributed by atoms with Gasteiger partial charge in [-0.05, 0) is 56.6 Å². The summed E-state index contributed by atoms with van der Waals surface area (Å²) in [5.74, 6) is 0.590. The molecule has 26 heavy (non-hydrogen) atoms. The van der Waals surface area contributed by atoms with Crippen molar-refractivity contribution in [3.05, 3.63) is 119 Å². The summed E-state index contributed by atoms with van der Waals surface area (Å²) in [5, 5.41) is 0. The molecule has 2 unspecified atom stereocenters. The maximum absolute atomic E-state index is 3.57. The maximum atomic E-state index is 3.57. The summed E-state index contributed by atoms with van der Waals surface area (Å²) in [7, 11) is 0. The predicted octanol–water partition coefficient (Wildman–Crippen LogP) is 6.21. The Morgan fingerprint density at radius 2 is 0.885 bits per heavy atom. The molecule has 6 rings (SSSR count). The highest BCUT2D eigenvalue weighted by Crippen LogP contribution is 2.57. The van der Waals surface area contributed by atoms with Gasteiger partial charge >= 0.3 is 0 Å². The summed E-state index contributed by atoms with van der Waals surface area (Å²) < 4.78 is 0. The van der Waals surface area contributed by atoms with Gasteiger partial charge in [-0.1, -0.05) is 84.9 Å². The van der Waals surface area contributed by atoms with Crippen LogP contribution < -0.4 is 0 Å². The Morgan fingerprint density at radius 3 is 1.38 bits per heavy atom. The molecule has 0 aliphatic heterocycles. The third-order valence-electron chi connectivity index (χ3n) is 5.90. The van der Waals surface area contributed by atoms with Gasteiger partial charge in [0.05, 0.1) is 0 Å². The fourth-order valence-electron chi connectivity index (χ4n) is 4.91. The Labute approximate surface area is 153 Å². The monoisotopic (exact) mass is 328 g/mol. The summed E-state index contributed by atoms with van der Waals surface area (Å²) in [4.78, 5) is 0. The molecule has 2 aliphatic carbocycles. The molecule has 0 saturated heterocycles. The Kier molecular flexibility index (Phi) is 2.81. The van der Waals surface area contributed by atoms with Crippen LogP contribution in [0.3, 0.4) is 0 Å². The van der Waals surface area contributed by atoms with Gasteiger partial charge in [-0.25, -0.2) is 0 Å².